The van der Waals surface area contributed by atoms with E-state index in [0.717, 1.165) is 0 Å². The maximum Gasteiger partial charge on any atom is 0.269 e. The molecule has 0 aromatic heterocycles. The molecule has 1 N–H and O–H groups in total. The van der Waals surface area contributed by atoms with Crippen LogP contribution in [0.4, 0.5) is 5.69 Å². The van der Waals surface area contributed by atoms with E-state index in [0.29, 0.717) is 16.9 Å². The Bertz CT molecular complexity index is 735. The normalized spacial score (nSPS) is 10.6. The molecule has 0 heterocycles. The number of nitro benzene ring substituents is 1. The van der Waals surface area contributed by atoms with E-state index in [-0.39, 0.29) is 17.2 Å². The highest BCUT2D eigenvalue weighted by Crippen LogP contribution is 2.26. The topological polar surface area (TPSA) is 89.7 Å². The van der Waals surface area contributed by atoms with Crippen molar-refractivity contribution in [3.8, 4) is 11.5 Å². The number of aromatic hydroxyl groups is 1. The lowest BCUT2D eigenvalue weighted by atomic mass is 10.1. The lowest BCUT2D eigenvalue weighted by Crippen LogP contribution is -1.95. The molecule has 112 valence electrons. The third-order valence-electron chi connectivity index (χ3n) is 2.99. The monoisotopic (exact) mass is 299 g/mol. The van der Waals surface area contributed by atoms with E-state index in [1.807, 2.05) is 0 Å². The number of non-ortho nitro benzene ring substituents is 1. The molecule has 0 saturated heterocycles. The second-order valence-electron chi connectivity index (χ2n) is 4.43. The summed E-state index contributed by atoms with van der Waals surface area (Å²) in [6.07, 6.45) is 2.93. The van der Waals surface area contributed by atoms with E-state index in [9.17, 15) is 20.0 Å². The summed E-state index contributed by atoms with van der Waals surface area (Å²) >= 11 is 0. The molecule has 2 aromatic rings. The lowest BCUT2D eigenvalue weighted by Gasteiger charge is -2.03. The Hall–Kier alpha value is -3.15. The number of allylic oxidation sites excluding steroid dienone is 1. The molecule has 0 aliphatic carbocycles. The standard InChI is InChI=1S/C16H13NO5/c1-22-16-10-11(3-9-15(16)19)2-8-14(18)12-4-6-13(7-5-12)17(20)21/h2-10,19H,1H3. The molecule has 0 radical (unpaired) electrons. The Morgan fingerprint density at radius 1 is 1.23 bits per heavy atom. The Morgan fingerprint density at radius 2 is 1.91 bits per heavy atom. The highest BCUT2D eigenvalue weighted by atomic mass is 16.6. The van der Waals surface area contributed by atoms with Crippen molar-refractivity contribution in [1.82, 2.24) is 0 Å². The van der Waals surface area contributed by atoms with Gasteiger partial charge in [0.15, 0.2) is 17.3 Å². The minimum absolute atomic E-state index is 0.0151. The molecule has 0 spiro atoms. The summed E-state index contributed by atoms with van der Waals surface area (Å²) in [5.41, 5.74) is 0.973. The molecule has 0 bridgehead atoms. The van der Waals surface area contributed by atoms with Crippen molar-refractivity contribution in [3.05, 3.63) is 69.8 Å². The van der Waals surface area contributed by atoms with Gasteiger partial charge in [0, 0.05) is 17.7 Å². The fraction of sp³-hybridized carbons (Fsp3) is 0.0625. The van der Waals surface area contributed by atoms with Crippen LogP contribution in [0.5, 0.6) is 11.5 Å². The summed E-state index contributed by atoms with van der Waals surface area (Å²) in [5, 5.41) is 20.0. The molecule has 6 nitrogen and oxygen atoms in total. The van der Waals surface area contributed by atoms with E-state index in [2.05, 4.69) is 0 Å². The fourth-order valence-electron chi connectivity index (χ4n) is 1.81. The first kappa shape index (κ1) is 15.2. The van der Waals surface area contributed by atoms with Crippen molar-refractivity contribution in [2.45, 2.75) is 0 Å². The first-order valence-corrected chi connectivity index (χ1v) is 6.35. The fourth-order valence-corrected chi connectivity index (χ4v) is 1.81. The summed E-state index contributed by atoms with van der Waals surface area (Å²) in [5.74, 6) is 0.0493. The number of carbonyl (C=O) groups is 1. The summed E-state index contributed by atoms with van der Waals surface area (Å²) in [7, 11) is 1.44. The van der Waals surface area contributed by atoms with E-state index in [1.165, 1.54) is 43.5 Å². The van der Waals surface area contributed by atoms with Crippen molar-refractivity contribution in [1.29, 1.82) is 0 Å². The zero-order valence-electron chi connectivity index (χ0n) is 11.7. The second-order valence-corrected chi connectivity index (χ2v) is 4.43. The van der Waals surface area contributed by atoms with E-state index in [4.69, 9.17) is 4.74 Å². The number of benzene rings is 2. The summed E-state index contributed by atoms with van der Waals surface area (Å²) in [6, 6.07) is 10.1. The highest BCUT2D eigenvalue weighted by molar-refractivity contribution is 6.06. The Kier molecular flexibility index (Phi) is 4.53. The van der Waals surface area contributed by atoms with Gasteiger partial charge in [0.25, 0.3) is 5.69 Å². The molecule has 2 aromatic carbocycles. The molecule has 0 aliphatic rings. The summed E-state index contributed by atoms with van der Waals surface area (Å²) < 4.78 is 4.98. The predicted octanol–water partition coefficient (Wildman–Crippen LogP) is 3.21. The maximum absolute atomic E-state index is 12.0. The number of rotatable bonds is 5. The van der Waals surface area contributed by atoms with Gasteiger partial charge in [-0.05, 0) is 35.9 Å². The molecular formula is C16H13NO5. The number of phenolic OH excluding ortho intramolecular Hbond substituents is 1. The van der Waals surface area contributed by atoms with Crippen LogP contribution in [0.15, 0.2) is 48.5 Å². The molecule has 2 rings (SSSR count). The van der Waals surface area contributed by atoms with Crippen molar-refractivity contribution in [2.24, 2.45) is 0 Å². The molecule has 0 saturated carbocycles. The van der Waals surface area contributed by atoms with Crippen LogP contribution in [0.2, 0.25) is 0 Å². The molecule has 0 atom stereocenters. The number of methoxy groups -OCH3 is 1. The smallest absolute Gasteiger partial charge is 0.269 e. The minimum Gasteiger partial charge on any atom is -0.504 e. The average Bonchev–Trinajstić information content (AvgIpc) is 2.53. The first-order valence-electron chi connectivity index (χ1n) is 6.35. The van der Waals surface area contributed by atoms with Crippen molar-refractivity contribution >= 4 is 17.5 Å². The van der Waals surface area contributed by atoms with Crippen LogP contribution in [0.1, 0.15) is 15.9 Å². The number of ketones is 1. The predicted molar refractivity (Wildman–Crippen MR) is 81.1 cm³/mol. The quantitative estimate of drug-likeness (QED) is 0.396. The van der Waals surface area contributed by atoms with Crippen molar-refractivity contribution < 1.29 is 19.6 Å². The third-order valence-corrected chi connectivity index (χ3v) is 2.99. The average molecular weight is 299 g/mol. The first-order chi connectivity index (χ1) is 10.5. The van der Waals surface area contributed by atoms with Gasteiger partial charge in [-0.15, -0.1) is 0 Å². The van der Waals surface area contributed by atoms with Crippen LogP contribution in [-0.2, 0) is 0 Å². The molecule has 22 heavy (non-hydrogen) atoms. The molecule has 6 heteroatoms. The van der Waals surface area contributed by atoms with Gasteiger partial charge in [-0.2, -0.15) is 0 Å². The maximum atomic E-state index is 12.0. The Balaban J connectivity index is 2.15. The van der Waals surface area contributed by atoms with Gasteiger partial charge < -0.3 is 9.84 Å². The zero-order chi connectivity index (χ0) is 16.1. The number of hydrogen-bond acceptors (Lipinski definition) is 5. The van der Waals surface area contributed by atoms with Gasteiger partial charge in [0.2, 0.25) is 0 Å². The number of ether oxygens (including phenoxy) is 1. The SMILES string of the molecule is COc1cc(C=CC(=O)c2ccc([N+](=O)[O-])cc2)ccc1O. The van der Waals surface area contributed by atoms with Gasteiger partial charge in [-0.25, -0.2) is 0 Å². The second kappa shape index (κ2) is 6.53. The van der Waals surface area contributed by atoms with Gasteiger partial charge in [0.1, 0.15) is 0 Å². The van der Waals surface area contributed by atoms with Gasteiger partial charge in [-0.1, -0.05) is 12.1 Å². The number of nitro groups is 1. The molecule has 0 aliphatic heterocycles. The number of nitrogens with zero attached hydrogens (tertiary/aromatic N) is 1. The van der Waals surface area contributed by atoms with Gasteiger partial charge in [0.05, 0.1) is 12.0 Å². The Morgan fingerprint density at radius 3 is 2.50 bits per heavy atom. The van der Waals surface area contributed by atoms with Crippen LogP contribution in [0, 0.1) is 10.1 Å². The summed E-state index contributed by atoms with van der Waals surface area (Å²) in [6.45, 7) is 0. The number of phenols is 1. The zero-order valence-corrected chi connectivity index (χ0v) is 11.7. The number of carbonyl (C=O) groups excluding carboxylic acids is 1. The summed E-state index contributed by atoms with van der Waals surface area (Å²) in [4.78, 5) is 22.0. The van der Waals surface area contributed by atoms with Crippen LogP contribution >= 0.6 is 0 Å². The highest BCUT2D eigenvalue weighted by Gasteiger charge is 2.07. The van der Waals surface area contributed by atoms with Crippen molar-refractivity contribution in [3.63, 3.8) is 0 Å². The van der Waals surface area contributed by atoms with Crippen LogP contribution in [0.3, 0.4) is 0 Å². The minimum atomic E-state index is -0.521. The Labute approximate surface area is 126 Å². The van der Waals surface area contributed by atoms with E-state index >= 15 is 0 Å². The largest absolute Gasteiger partial charge is 0.504 e. The third kappa shape index (κ3) is 3.49. The van der Waals surface area contributed by atoms with Crippen molar-refractivity contribution in [2.75, 3.05) is 7.11 Å². The lowest BCUT2D eigenvalue weighted by molar-refractivity contribution is -0.384. The van der Waals surface area contributed by atoms with Gasteiger partial charge >= 0.3 is 0 Å². The molecule has 0 fully saturated rings. The molecular weight excluding hydrogens is 286 g/mol. The van der Waals surface area contributed by atoms with Crippen LogP contribution < -0.4 is 4.74 Å². The molecule has 0 amide bonds. The number of hydrogen-bond donors (Lipinski definition) is 1. The van der Waals surface area contributed by atoms with E-state index in [1.54, 1.807) is 18.2 Å². The van der Waals surface area contributed by atoms with Gasteiger partial charge in [-0.3, -0.25) is 14.9 Å². The molecule has 0 unspecified atom stereocenters. The van der Waals surface area contributed by atoms with E-state index < -0.39 is 4.92 Å². The van der Waals surface area contributed by atoms with Crippen LogP contribution in [-0.4, -0.2) is 22.9 Å². The van der Waals surface area contributed by atoms with Crippen LogP contribution in [0.25, 0.3) is 6.08 Å².